The van der Waals surface area contributed by atoms with Crippen LogP contribution in [-0.4, -0.2) is 19.8 Å². The summed E-state index contributed by atoms with van der Waals surface area (Å²) in [7, 11) is 0. The molecule has 0 aliphatic carbocycles. The Morgan fingerprint density at radius 2 is 2.07 bits per heavy atom. The van der Waals surface area contributed by atoms with Crippen molar-refractivity contribution in [2.24, 2.45) is 5.73 Å². The second-order valence-corrected chi connectivity index (χ2v) is 4.00. The lowest BCUT2D eigenvalue weighted by atomic mass is 9.98. The minimum absolute atomic E-state index is 0.361. The molecular formula is C12H17NO2. The number of benzene rings is 1. The molecule has 2 rings (SSSR count). The molecule has 3 heteroatoms. The van der Waals surface area contributed by atoms with E-state index >= 15 is 0 Å². The maximum absolute atomic E-state index is 5.66. The summed E-state index contributed by atoms with van der Waals surface area (Å²) in [6.07, 6.45) is 0. The third-order valence-electron chi connectivity index (χ3n) is 2.77. The van der Waals surface area contributed by atoms with Gasteiger partial charge >= 0.3 is 0 Å². The maximum Gasteiger partial charge on any atom is 0.164 e. The highest BCUT2D eigenvalue weighted by Gasteiger charge is 2.16. The second-order valence-electron chi connectivity index (χ2n) is 4.00. The molecule has 1 unspecified atom stereocenters. The largest absolute Gasteiger partial charge is 0.486 e. The Kier molecular flexibility index (Phi) is 2.82. The number of aryl methyl sites for hydroxylation is 1. The maximum atomic E-state index is 5.66. The van der Waals surface area contributed by atoms with Crippen molar-refractivity contribution >= 4 is 0 Å². The van der Waals surface area contributed by atoms with Crippen molar-refractivity contribution in [3.63, 3.8) is 0 Å². The van der Waals surface area contributed by atoms with E-state index in [1.807, 2.05) is 13.0 Å². The van der Waals surface area contributed by atoms with Crippen LogP contribution in [0.25, 0.3) is 0 Å². The molecule has 0 spiro atoms. The topological polar surface area (TPSA) is 44.5 Å². The van der Waals surface area contributed by atoms with Crippen molar-refractivity contribution in [1.29, 1.82) is 0 Å². The predicted octanol–water partition coefficient (Wildman–Crippen LogP) is 1.83. The number of hydrogen-bond acceptors (Lipinski definition) is 3. The van der Waals surface area contributed by atoms with Crippen LogP contribution in [-0.2, 0) is 0 Å². The molecule has 0 radical (unpaired) electrons. The monoisotopic (exact) mass is 207 g/mol. The number of hydrogen-bond donors (Lipinski definition) is 1. The summed E-state index contributed by atoms with van der Waals surface area (Å²) in [5.41, 5.74) is 8.01. The molecule has 1 heterocycles. The summed E-state index contributed by atoms with van der Waals surface area (Å²) in [4.78, 5) is 0. The van der Waals surface area contributed by atoms with Gasteiger partial charge in [-0.2, -0.15) is 0 Å². The summed E-state index contributed by atoms with van der Waals surface area (Å²) in [5.74, 6) is 2.10. The van der Waals surface area contributed by atoms with E-state index in [2.05, 4.69) is 13.0 Å². The van der Waals surface area contributed by atoms with Crippen molar-refractivity contribution < 1.29 is 9.47 Å². The first kappa shape index (κ1) is 10.3. The zero-order valence-electron chi connectivity index (χ0n) is 9.25. The Morgan fingerprint density at radius 1 is 1.33 bits per heavy atom. The van der Waals surface area contributed by atoms with Crippen LogP contribution in [0.1, 0.15) is 24.0 Å². The molecule has 1 atom stereocenters. The van der Waals surface area contributed by atoms with Gasteiger partial charge in [-0.05, 0) is 36.6 Å². The summed E-state index contributed by atoms with van der Waals surface area (Å²) < 4.78 is 11.1. The van der Waals surface area contributed by atoms with Gasteiger partial charge in [0.2, 0.25) is 0 Å². The number of ether oxygens (including phenoxy) is 2. The summed E-state index contributed by atoms with van der Waals surface area (Å²) >= 11 is 0. The van der Waals surface area contributed by atoms with Crippen molar-refractivity contribution in [2.45, 2.75) is 19.8 Å². The van der Waals surface area contributed by atoms with Crippen molar-refractivity contribution in [1.82, 2.24) is 0 Å². The zero-order valence-corrected chi connectivity index (χ0v) is 9.25. The van der Waals surface area contributed by atoms with E-state index in [4.69, 9.17) is 15.2 Å². The summed E-state index contributed by atoms with van der Waals surface area (Å²) in [5, 5.41) is 0. The van der Waals surface area contributed by atoms with E-state index in [0.29, 0.717) is 25.7 Å². The van der Waals surface area contributed by atoms with Crippen molar-refractivity contribution in [3.8, 4) is 11.5 Å². The molecule has 1 aliphatic heterocycles. The normalized spacial score (nSPS) is 16.2. The lowest BCUT2D eigenvalue weighted by Crippen LogP contribution is -2.17. The highest BCUT2D eigenvalue weighted by Crippen LogP contribution is 2.36. The minimum atomic E-state index is 0.361. The third-order valence-corrected chi connectivity index (χ3v) is 2.77. The quantitative estimate of drug-likeness (QED) is 0.804. The fourth-order valence-corrected chi connectivity index (χ4v) is 1.78. The van der Waals surface area contributed by atoms with Gasteiger partial charge in [0.15, 0.2) is 11.5 Å². The summed E-state index contributed by atoms with van der Waals surface area (Å²) in [6.45, 7) is 6.08. The van der Waals surface area contributed by atoms with Crippen LogP contribution in [0.15, 0.2) is 12.1 Å². The Morgan fingerprint density at radius 3 is 2.80 bits per heavy atom. The third kappa shape index (κ3) is 1.92. The molecule has 0 saturated heterocycles. The molecule has 2 N–H and O–H groups in total. The fourth-order valence-electron chi connectivity index (χ4n) is 1.78. The molecule has 0 saturated carbocycles. The van der Waals surface area contributed by atoms with Gasteiger partial charge < -0.3 is 15.2 Å². The Hall–Kier alpha value is -1.22. The van der Waals surface area contributed by atoms with Crippen LogP contribution in [0, 0.1) is 6.92 Å². The molecule has 0 bridgehead atoms. The van der Waals surface area contributed by atoms with Gasteiger partial charge in [-0.1, -0.05) is 13.0 Å². The van der Waals surface area contributed by atoms with Crippen LogP contribution in [0.3, 0.4) is 0 Å². The Balaban J connectivity index is 2.40. The van der Waals surface area contributed by atoms with Gasteiger partial charge in [0.25, 0.3) is 0 Å². The van der Waals surface area contributed by atoms with Gasteiger partial charge in [-0.25, -0.2) is 0 Å². The lowest BCUT2D eigenvalue weighted by Gasteiger charge is -2.22. The standard InChI is InChI=1S/C12H17NO2/c1-8-5-10(9(2)7-13)6-11-12(8)15-4-3-14-11/h5-6,9H,3-4,7,13H2,1-2H3. The van der Waals surface area contributed by atoms with Crippen LogP contribution >= 0.6 is 0 Å². The van der Waals surface area contributed by atoms with Crippen molar-refractivity contribution in [3.05, 3.63) is 23.3 Å². The number of rotatable bonds is 2. The van der Waals surface area contributed by atoms with E-state index in [0.717, 1.165) is 17.1 Å². The zero-order chi connectivity index (χ0) is 10.8. The van der Waals surface area contributed by atoms with E-state index in [1.165, 1.54) is 5.56 Å². The average Bonchev–Trinajstić information content (AvgIpc) is 2.28. The van der Waals surface area contributed by atoms with E-state index in [9.17, 15) is 0 Å². The highest BCUT2D eigenvalue weighted by molar-refractivity contribution is 5.50. The molecule has 0 fully saturated rings. The molecule has 1 aromatic rings. The fraction of sp³-hybridized carbons (Fsp3) is 0.500. The molecule has 82 valence electrons. The molecule has 3 nitrogen and oxygen atoms in total. The van der Waals surface area contributed by atoms with Crippen LogP contribution in [0.4, 0.5) is 0 Å². The molecular weight excluding hydrogens is 190 g/mol. The van der Waals surface area contributed by atoms with E-state index in [-0.39, 0.29) is 0 Å². The Labute approximate surface area is 90.2 Å². The van der Waals surface area contributed by atoms with Gasteiger partial charge in [0.05, 0.1) is 0 Å². The Bertz CT molecular complexity index is 363. The van der Waals surface area contributed by atoms with Crippen LogP contribution in [0.2, 0.25) is 0 Å². The van der Waals surface area contributed by atoms with Gasteiger partial charge in [-0.3, -0.25) is 0 Å². The molecule has 0 amide bonds. The van der Waals surface area contributed by atoms with Crippen molar-refractivity contribution in [2.75, 3.05) is 19.8 Å². The minimum Gasteiger partial charge on any atom is -0.486 e. The molecule has 0 aromatic heterocycles. The first-order valence-electron chi connectivity index (χ1n) is 5.32. The smallest absolute Gasteiger partial charge is 0.164 e. The first-order valence-corrected chi connectivity index (χ1v) is 5.32. The SMILES string of the molecule is Cc1cc(C(C)CN)cc2c1OCCO2. The van der Waals surface area contributed by atoms with Crippen LogP contribution < -0.4 is 15.2 Å². The molecule has 1 aliphatic rings. The van der Waals surface area contributed by atoms with Gasteiger partial charge in [-0.15, -0.1) is 0 Å². The molecule has 15 heavy (non-hydrogen) atoms. The van der Waals surface area contributed by atoms with Gasteiger partial charge in [0, 0.05) is 0 Å². The summed E-state index contributed by atoms with van der Waals surface area (Å²) in [6, 6.07) is 4.17. The number of nitrogens with two attached hydrogens (primary N) is 1. The highest BCUT2D eigenvalue weighted by atomic mass is 16.6. The van der Waals surface area contributed by atoms with Gasteiger partial charge in [0.1, 0.15) is 13.2 Å². The lowest BCUT2D eigenvalue weighted by molar-refractivity contribution is 0.170. The predicted molar refractivity (Wildman–Crippen MR) is 59.6 cm³/mol. The molecule has 1 aromatic carbocycles. The van der Waals surface area contributed by atoms with E-state index < -0.39 is 0 Å². The van der Waals surface area contributed by atoms with E-state index in [1.54, 1.807) is 0 Å². The average molecular weight is 207 g/mol. The number of fused-ring (bicyclic) bond motifs is 1. The van der Waals surface area contributed by atoms with Crippen LogP contribution in [0.5, 0.6) is 11.5 Å². The second kappa shape index (κ2) is 4.11. The first-order chi connectivity index (χ1) is 7.22.